The van der Waals surface area contributed by atoms with Crippen molar-refractivity contribution < 1.29 is 0 Å². The van der Waals surface area contributed by atoms with E-state index in [1.165, 1.54) is 0 Å². The molecule has 1 heterocycles. The van der Waals surface area contributed by atoms with E-state index < -0.39 is 0 Å². The van der Waals surface area contributed by atoms with Gasteiger partial charge in [0.15, 0.2) is 0 Å². The second kappa shape index (κ2) is 7.41. The van der Waals surface area contributed by atoms with Crippen molar-refractivity contribution in [2.24, 2.45) is 5.92 Å². The van der Waals surface area contributed by atoms with Gasteiger partial charge in [-0.05, 0) is 31.6 Å². The summed E-state index contributed by atoms with van der Waals surface area (Å²) in [6.45, 7) is 9.68. The van der Waals surface area contributed by atoms with Crippen LogP contribution in [-0.2, 0) is 6.54 Å². The van der Waals surface area contributed by atoms with Gasteiger partial charge < -0.3 is 5.32 Å². The molecule has 1 aromatic rings. The van der Waals surface area contributed by atoms with Crippen molar-refractivity contribution >= 4 is 0 Å². The summed E-state index contributed by atoms with van der Waals surface area (Å²) < 4.78 is 0. The third-order valence-corrected chi connectivity index (χ3v) is 3.08. The first kappa shape index (κ1) is 14.1. The van der Waals surface area contributed by atoms with Crippen molar-refractivity contribution in [3.8, 4) is 0 Å². The zero-order chi connectivity index (χ0) is 12.7. The summed E-state index contributed by atoms with van der Waals surface area (Å²) in [5.41, 5.74) is 1.14. The van der Waals surface area contributed by atoms with Crippen LogP contribution >= 0.6 is 0 Å². The standard InChI is InChI=1S/C14H25N3/c1-5-15-10-14(12(2)3)17(4)11-13-8-6-7-9-16-13/h6-9,12,14-15H,5,10-11H2,1-4H3. The summed E-state index contributed by atoms with van der Waals surface area (Å²) in [5.74, 6) is 0.641. The average Bonchev–Trinajstić information content (AvgIpc) is 2.30. The molecule has 0 aliphatic heterocycles. The van der Waals surface area contributed by atoms with E-state index in [9.17, 15) is 0 Å². The van der Waals surface area contributed by atoms with Crippen molar-refractivity contribution in [2.75, 3.05) is 20.1 Å². The minimum absolute atomic E-state index is 0.553. The van der Waals surface area contributed by atoms with Crippen LogP contribution in [0.15, 0.2) is 24.4 Å². The Balaban J connectivity index is 2.55. The largest absolute Gasteiger partial charge is 0.315 e. The van der Waals surface area contributed by atoms with Crippen LogP contribution in [-0.4, -0.2) is 36.1 Å². The van der Waals surface area contributed by atoms with Crippen LogP contribution in [0, 0.1) is 5.92 Å². The third kappa shape index (κ3) is 4.84. The first-order chi connectivity index (χ1) is 8.15. The Labute approximate surface area is 105 Å². The maximum Gasteiger partial charge on any atom is 0.0543 e. The van der Waals surface area contributed by atoms with Gasteiger partial charge in [0.25, 0.3) is 0 Å². The van der Waals surface area contributed by atoms with Crippen molar-refractivity contribution in [3.05, 3.63) is 30.1 Å². The highest BCUT2D eigenvalue weighted by molar-refractivity contribution is 5.03. The molecular weight excluding hydrogens is 210 g/mol. The first-order valence-corrected chi connectivity index (χ1v) is 6.46. The number of likely N-dealkylation sites (N-methyl/N-ethyl adjacent to an activating group) is 2. The fourth-order valence-corrected chi connectivity index (χ4v) is 2.06. The van der Waals surface area contributed by atoms with Gasteiger partial charge in [0.1, 0.15) is 0 Å². The zero-order valence-corrected chi connectivity index (χ0v) is 11.5. The Morgan fingerprint density at radius 1 is 1.35 bits per heavy atom. The van der Waals surface area contributed by atoms with E-state index >= 15 is 0 Å². The van der Waals surface area contributed by atoms with E-state index in [2.05, 4.69) is 49.1 Å². The van der Waals surface area contributed by atoms with Gasteiger partial charge in [-0.2, -0.15) is 0 Å². The van der Waals surface area contributed by atoms with Crippen molar-refractivity contribution in [2.45, 2.75) is 33.4 Å². The molecule has 0 aliphatic rings. The molecule has 0 fully saturated rings. The molecule has 1 unspecified atom stereocenters. The van der Waals surface area contributed by atoms with E-state index in [0.717, 1.165) is 25.3 Å². The molecule has 0 amide bonds. The molecule has 1 N–H and O–H groups in total. The topological polar surface area (TPSA) is 28.2 Å². The number of pyridine rings is 1. The Hall–Kier alpha value is -0.930. The Bertz CT molecular complexity index is 298. The monoisotopic (exact) mass is 235 g/mol. The molecule has 0 saturated heterocycles. The predicted octanol–water partition coefficient (Wildman–Crippen LogP) is 2.15. The van der Waals surface area contributed by atoms with Crippen molar-refractivity contribution in [1.29, 1.82) is 0 Å². The van der Waals surface area contributed by atoms with Crippen LogP contribution < -0.4 is 5.32 Å². The van der Waals surface area contributed by atoms with E-state index in [4.69, 9.17) is 0 Å². The second-order valence-corrected chi connectivity index (χ2v) is 4.86. The molecule has 0 radical (unpaired) electrons. The molecule has 3 heteroatoms. The normalized spacial score (nSPS) is 13.3. The van der Waals surface area contributed by atoms with Gasteiger partial charge in [-0.15, -0.1) is 0 Å². The van der Waals surface area contributed by atoms with Gasteiger partial charge in [-0.3, -0.25) is 9.88 Å². The van der Waals surface area contributed by atoms with Gasteiger partial charge in [0, 0.05) is 25.3 Å². The molecule has 1 atom stereocenters. The smallest absolute Gasteiger partial charge is 0.0543 e. The van der Waals surface area contributed by atoms with Crippen LogP contribution in [0.1, 0.15) is 26.5 Å². The minimum atomic E-state index is 0.553. The third-order valence-electron chi connectivity index (χ3n) is 3.08. The fraction of sp³-hybridized carbons (Fsp3) is 0.643. The van der Waals surface area contributed by atoms with E-state index in [0.29, 0.717) is 12.0 Å². The average molecular weight is 235 g/mol. The summed E-state index contributed by atoms with van der Waals surface area (Å²) in [6, 6.07) is 6.64. The number of hydrogen-bond donors (Lipinski definition) is 1. The van der Waals surface area contributed by atoms with Crippen LogP contribution in [0.5, 0.6) is 0 Å². The molecule has 1 aromatic heterocycles. The lowest BCUT2D eigenvalue weighted by atomic mass is 10.0. The number of nitrogens with one attached hydrogen (secondary N) is 1. The molecular formula is C14H25N3. The van der Waals surface area contributed by atoms with E-state index in [1.54, 1.807) is 0 Å². The maximum absolute atomic E-state index is 4.38. The predicted molar refractivity (Wildman–Crippen MR) is 72.9 cm³/mol. The summed E-state index contributed by atoms with van der Waals surface area (Å²) in [4.78, 5) is 6.76. The molecule has 1 rings (SSSR count). The van der Waals surface area contributed by atoms with Gasteiger partial charge in [-0.25, -0.2) is 0 Å². The Kier molecular flexibility index (Phi) is 6.16. The molecule has 0 spiro atoms. The van der Waals surface area contributed by atoms with Crippen LogP contribution in [0.3, 0.4) is 0 Å². The molecule has 3 nitrogen and oxygen atoms in total. The van der Waals surface area contributed by atoms with Crippen LogP contribution in [0.4, 0.5) is 0 Å². The maximum atomic E-state index is 4.38. The highest BCUT2D eigenvalue weighted by Gasteiger charge is 2.18. The summed E-state index contributed by atoms with van der Waals surface area (Å²) in [6.07, 6.45) is 1.86. The van der Waals surface area contributed by atoms with E-state index in [1.807, 2.05) is 18.3 Å². The molecule has 0 aromatic carbocycles. The summed E-state index contributed by atoms with van der Waals surface area (Å²) in [5, 5.41) is 3.43. The van der Waals surface area contributed by atoms with Gasteiger partial charge in [-0.1, -0.05) is 26.8 Å². The highest BCUT2D eigenvalue weighted by Crippen LogP contribution is 2.11. The number of rotatable bonds is 7. The highest BCUT2D eigenvalue weighted by atomic mass is 15.2. The van der Waals surface area contributed by atoms with Crippen LogP contribution in [0.2, 0.25) is 0 Å². The fourth-order valence-electron chi connectivity index (χ4n) is 2.06. The Morgan fingerprint density at radius 2 is 2.12 bits per heavy atom. The first-order valence-electron chi connectivity index (χ1n) is 6.46. The molecule has 17 heavy (non-hydrogen) atoms. The van der Waals surface area contributed by atoms with Crippen molar-refractivity contribution in [3.63, 3.8) is 0 Å². The molecule has 96 valence electrons. The van der Waals surface area contributed by atoms with Gasteiger partial charge in [0.05, 0.1) is 5.69 Å². The van der Waals surface area contributed by atoms with E-state index in [-0.39, 0.29) is 0 Å². The number of hydrogen-bond acceptors (Lipinski definition) is 3. The van der Waals surface area contributed by atoms with Crippen molar-refractivity contribution in [1.82, 2.24) is 15.2 Å². The molecule has 0 aliphatic carbocycles. The second-order valence-electron chi connectivity index (χ2n) is 4.86. The lowest BCUT2D eigenvalue weighted by Crippen LogP contribution is -2.43. The van der Waals surface area contributed by atoms with Gasteiger partial charge >= 0.3 is 0 Å². The number of nitrogens with zero attached hydrogens (tertiary/aromatic N) is 2. The SMILES string of the molecule is CCNCC(C(C)C)N(C)Cc1ccccn1. The Morgan fingerprint density at radius 3 is 2.65 bits per heavy atom. The van der Waals surface area contributed by atoms with Gasteiger partial charge in [0.2, 0.25) is 0 Å². The molecule has 0 saturated carbocycles. The quantitative estimate of drug-likeness (QED) is 0.785. The summed E-state index contributed by atoms with van der Waals surface area (Å²) >= 11 is 0. The lowest BCUT2D eigenvalue weighted by molar-refractivity contribution is 0.178. The zero-order valence-electron chi connectivity index (χ0n) is 11.5. The number of aromatic nitrogens is 1. The minimum Gasteiger partial charge on any atom is -0.315 e. The lowest BCUT2D eigenvalue weighted by Gasteiger charge is -2.31. The van der Waals surface area contributed by atoms with Crippen LogP contribution in [0.25, 0.3) is 0 Å². The molecule has 0 bridgehead atoms. The summed E-state index contributed by atoms with van der Waals surface area (Å²) in [7, 11) is 2.18.